The van der Waals surface area contributed by atoms with Crippen LogP contribution in [0.3, 0.4) is 0 Å². The van der Waals surface area contributed by atoms with Gasteiger partial charge in [-0.2, -0.15) is 0 Å². The Morgan fingerprint density at radius 2 is 2.20 bits per heavy atom. The highest BCUT2D eigenvalue weighted by Gasteiger charge is 2.14. The van der Waals surface area contributed by atoms with Crippen molar-refractivity contribution in [3.8, 4) is 12.3 Å². The minimum atomic E-state index is -0.559. The molecule has 0 fully saturated rings. The highest BCUT2D eigenvalue weighted by Crippen LogP contribution is 2.06. The predicted molar refractivity (Wildman–Crippen MR) is 40.5 cm³/mol. The minimum absolute atomic E-state index is 0.289. The summed E-state index contributed by atoms with van der Waals surface area (Å²) in [4.78, 5) is 0. The van der Waals surface area contributed by atoms with Gasteiger partial charge in [0.1, 0.15) is 5.60 Å². The number of terminal acetylenes is 1. The molecule has 0 amide bonds. The van der Waals surface area contributed by atoms with Crippen molar-refractivity contribution in [2.24, 2.45) is 0 Å². The normalized spacial score (nSPS) is 14.3. The molecule has 0 radical (unpaired) electrons. The summed E-state index contributed by atoms with van der Waals surface area (Å²) in [5.74, 6) is 2.46. The molecule has 1 unspecified atom stereocenters. The zero-order valence-corrected chi connectivity index (χ0v) is 6.72. The molecule has 0 aromatic rings. The van der Waals surface area contributed by atoms with Gasteiger partial charge in [-0.15, -0.1) is 6.42 Å². The Morgan fingerprint density at radius 3 is 2.50 bits per heavy atom. The predicted octanol–water partition coefficient (Wildman–Crippen LogP) is 0.796. The van der Waals surface area contributed by atoms with Gasteiger partial charge >= 0.3 is 0 Å². The minimum Gasteiger partial charge on any atom is -0.391 e. The van der Waals surface area contributed by atoms with Crippen molar-refractivity contribution in [2.45, 2.75) is 32.5 Å². The molecule has 0 bridgehead atoms. The van der Waals surface area contributed by atoms with Crippen LogP contribution in [0.25, 0.3) is 0 Å². The third-order valence-corrected chi connectivity index (χ3v) is 1.03. The van der Waals surface area contributed by atoms with Crippen molar-refractivity contribution in [3.05, 3.63) is 0 Å². The summed E-state index contributed by atoms with van der Waals surface area (Å²) in [6.45, 7) is 5.52. The average Bonchev–Trinajstić information content (AvgIpc) is 1.85. The van der Waals surface area contributed by atoms with Gasteiger partial charge < -0.3 is 9.84 Å². The first-order valence-corrected chi connectivity index (χ1v) is 3.28. The molecule has 0 spiro atoms. The van der Waals surface area contributed by atoms with Crippen molar-refractivity contribution in [1.29, 1.82) is 0 Å². The van der Waals surface area contributed by atoms with E-state index in [1.807, 2.05) is 0 Å². The maximum Gasteiger partial charge on any atom is 0.122 e. The Hall–Kier alpha value is -0.520. The Labute approximate surface area is 62.2 Å². The molecule has 2 nitrogen and oxygen atoms in total. The molecule has 2 heteroatoms. The summed E-state index contributed by atoms with van der Waals surface area (Å²) in [6.07, 6.45) is 4.68. The van der Waals surface area contributed by atoms with Crippen LogP contribution in [0.4, 0.5) is 0 Å². The van der Waals surface area contributed by atoms with E-state index >= 15 is 0 Å². The second-order valence-corrected chi connectivity index (χ2v) is 2.81. The Morgan fingerprint density at radius 1 is 1.70 bits per heavy atom. The third kappa shape index (κ3) is 4.37. The second kappa shape index (κ2) is 3.60. The van der Waals surface area contributed by atoms with Crippen molar-refractivity contribution >= 4 is 0 Å². The first-order valence-electron chi connectivity index (χ1n) is 3.28. The van der Waals surface area contributed by atoms with Crippen molar-refractivity contribution in [2.75, 3.05) is 6.61 Å². The molecule has 1 atom stereocenters. The van der Waals surface area contributed by atoms with Gasteiger partial charge in [-0.05, 0) is 20.8 Å². The Kier molecular flexibility index (Phi) is 3.41. The zero-order valence-electron chi connectivity index (χ0n) is 6.72. The van der Waals surface area contributed by atoms with Crippen LogP contribution >= 0.6 is 0 Å². The molecule has 0 aromatic carbocycles. The lowest BCUT2D eigenvalue weighted by atomic mass is 10.1. The topological polar surface area (TPSA) is 29.5 Å². The largest absolute Gasteiger partial charge is 0.391 e. The SMILES string of the molecule is C#CC(C)(C)OCC(C)O. The fraction of sp³-hybridized carbons (Fsp3) is 0.750. The zero-order chi connectivity index (χ0) is 8.20. The number of aliphatic hydroxyl groups excluding tert-OH is 1. The number of hydrogen-bond donors (Lipinski definition) is 1. The van der Waals surface area contributed by atoms with E-state index in [1.54, 1.807) is 20.8 Å². The molecular formula is C8H14O2. The monoisotopic (exact) mass is 142 g/mol. The highest BCUT2D eigenvalue weighted by molar-refractivity contribution is 5.02. The number of ether oxygens (including phenoxy) is 1. The van der Waals surface area contributed by atoms with Crippen LogP contribution in [0.15, 0.2) is 0 Å². The lowest BCUT2D eigenvalue weighted by Crippen LogP contribution is -2.26. The van der Waals surface area contributed by atoms with Gasteiger partial charge in [-0.25, -0.2) is 0 Å². The standard InChI is InChI=1S/C8H14O2/c1-5-8(3,4)10-6-7(2)9/h1,7,9H,6H2,2-4H3. The number of hydrogen-bond acceptors (Lipinski definition) is 2. The quantitative estimate of drug-likeness (QED) is 0.590. The molecule has 0 saturated carbocycles. The van der Waals surface area contributed by atoms with Crippen LogP contribution in [0.1, 0.15) is 20.8 Å². The van der Waals surface area contributed by atoms with Gasteiger partial charge in [-0.3, -0.25) is 0 Å². The van der Waals surface area contributed by atoms with Crippen LogP contribution in [-0.4, -0.2) is 23.4 Å². The van der Waals surface area contributed by atoms with Crippen LogP contribution in [0, 0.1) is 12.3 Å². The molecule has 0 aliphatic carbocycles. The van der Waals surface area contributed by atoms with Gasteiger partial charge in [-0.1, -0.05) is 5.92 Å². The van der Waals surface area contributed by atoms with Crippen LogP contribution in [0.5, 0.6) is 0 Å². The van der Waals surface area contributed by atoms with Crippen molar-refractivity contribution < 1.29 is 9.84 Å². The van der Waals surface area contributed by atoms with E-state index in [1.165, 1.54) is 0 Å². The highest BCUT2D eigenvalue weighted by atomic mass is 16.5. The Bertz CT molecular complexity index is 131. The Balaban J connectivity index is 3.60. The molecule has 0 saturated heterocycles. The van der Waals surface area contributed by atoms with Crippen molar-refractivity contribution in [3.63, 3.8) is 0 Å². The maximum absolute atomic E-state index is 8.82. The van der Waals surface area contributed by atoms with Crippen LogP contribution in [0.2, 0.25) is 0 Å². The maximum atomic E-state index is 8.82. The number of rotatable bonds is 3. The molecular weight excluding hydrogens is 128 g/mol. The number of aliphatic hydroxyl groups is 1. The summed E-state index contributed by atoms with van der Waals surface area (Å²) in [5, 5.41) is 8.82. The molecule has 0 rings (SSSR count). The first-order chi connectivity index (χ1) is 4.48. The van der Waals surface area contributed by atoms with E-state index in [4.69, 9.17) is 16.3 Å². The van der Waals surface area contributed by atoms with Gasteiger partial charge in [0, 0.05) is 0 Å². The van der Waals surface area contributed by atoms with Gasteiger partial charge in [0.05, 0.1) is 12.7 Å². The van der Waals surface area contributed by atoms with E-state index in [9.17, 15) is 0 Å². The first kappa shape index (κ1) is 9.48. The molecule has 0 heterocycles. The fourth-order valence-corrected chi connectivity index (χ4v) is 0.371. The molecule has 0 aliphatic rings. The van der Waals surface area contributed by atoms with Crippen molar-refractivity contribution in [1.82, 2.24) is 0 Å². The summed E-state index contributed by atoms with van der Waals surface area (Å²) in [6, 6.07) is 0. The van der Waals surface area contributed by atoms with Crippen LogP contribution in [-0.2, 0) is 4.74 Å². The average molecular weight is 142 g/mol. The van der Waals surface area contributed by atoms with E-state index in [0.29, 0.717) is 0 Å². The summed E-state index contributed by atoms with van der Waals surface area (Å²) in [5.41, 5.74) is -0.559. The summed E-state index contributed by atoms with van der Waals surface area (Å²) >= 11 is 0. The van der Waals surface area contributed by atoms with E-state index in [-0.39, 0.29) is 6.61 Å². The van der Waals surface area contributed by atoms with Crippen LogP contribution < -0.4 is 0 Å². The summed E-state index contributed by atoms with van der Waals surface area (Å²) in [7, 11) is 0. The van der Waals surface area contributed by atoms with E-state index < -0.39 is 11.7 Å². The lowest BCUT2D eigenvalue weighted by Gasteiger charge is -2.19. The lowest BCUT2D eigenvalue weighted by molar-refractivity contribution is -0.0217. The van der Waals surface area contributed by atoms with Gasteiger partial charge in [0.2, 0.25) is 0 Å². The smallest absolute Gasteiger partial charge is 0.122 e. The molecule has 1 N–H and O–H groups in total. The van der Waals surface area contributed by atoms with Gasteiger partial charge in [0.25, 0.3) is 0 Å². The van der Waals surface area contributed by atoms with Gasteiger partial charge in [0.15, 0.2) is 0 Å². The summed E-state index contributed by atoms with van der Waals surface area (Å²) < 4.78 is 5.15. The van der Waals surface area contributed by atoms with E-state index in [0.717, 1.165) is 0 Å². The second-order valence-electron chi connectivity index (χ2n) is 2.81. The molecule has 0 aromatic heterocycles. The fourth-order valence-electron chi connectivity index (χ4n) is 0.371. The third-order valence-electron chi connectivity index (χ3n) is 1.03. The van der Waals surface area contributed by atoms with E-state index in [2.05, 4.69) is 5.92 Å². The molecule has 58 valence electrons. The molecule has 10 heavy (non-hydrogen) atoms. The molecule has 0 aliphatic heterocycles.